The number of sulfonamides is 1. The number of hydrogen-bond acceptors (Lipinski definition) is 4. The van der Waals surface area contributed by atoms with E-state index in [9.17, 15) is 8.42 Å². The Bertz CT molecular complexity index is 987. The Morgan fingerprint density at radius 2 is 1.70 bits per heavy atom. The third kappa shape index (κ3) is 4.94. The SMILES string of the molecule is CC(C)C(Cn1nccn1)NS(=O)(=O)c1cccc(-c2ccc(Cl)cc2)c1. The molecule has 0 radical (unpaired) electrons. The second-order valence-corrected chi connectivity index (χ2v) is 8.74. The highest BCUT2D eigenvalue weighted by Gasteiger charge is 2.23. The molecule has 142 valence electrons. The van der Waals surface area contributed by atoms with Crippen molar-refractivity contribution in [1.29, 1.82) is 0 Å². The molecule has 0 saturated heterocycles. The zero-order chi connectivity index (χ0) is 19.4. The van der Waals surface area contributed by atoms with Gasteiger partial charge >= 0.3 is 0 Å². The first-order valence-electron chi connectivity index (χ1n) is 8.57. The van der Waals surface area contributed by atoms with Crippen LogP contribution in [0.3, 0.4) is 0 Å². The van der Waals surface area contributed by atoms with Crippen LogP contribution in [-0.2, 0) is 16.6 Å². The summed E-state index contributed by atoms with van der Waals surface area (Å²) in [4.78, 5) is 1.70. The van der Waals surface area contributed by atoms with Gasteiger partial charge in [0.2, 0.25) is 10.0 Å². The second-order valence-electron chi connectivity index (χ2n) is 6.59. The summed E-state index contributed by atoms with van der Waals surface area (Å²) in [5.74, 6) is 0.0743. The molecule has 2 aromatic carbocycles. The summed E-state index contributed by atoms with van der Waals surface area (Å²) in [5.41, 5.74) is 1.71. The Labute approximate surface area is 164 Å². The van der Waals surface area contributed by atoms with Crippen molar-refractivity contribution in [2.45, 2.75) is 31.3 Å². The summed E-state index contributed by atoms with van der Waals surface area (Å²) >= 11 is 5.93. The Kier molecular flexibility index (Phi) is 5.94. The average Bonchev–Trinajstić information content (AvgIpc) is 3.15. The predicted molar refractivity (Wildman–Crippen MR) is 106 cm³/mol. The summed E-state index contributed by atoms with van der Waals surface area (Å²) in [7, 11) is -3.69. The maximum Gasteiger partial charge on any atom is 0.240 e. The summed E-state index contributed by atoms with van der Waals surface area (Å²) in [6.07, 6.45) is 3.14. The first-order valence-corrected chi connectivity index (χ1v) is 10.4. The lowest BCUT2D eigenvalue weighted by atomic mass is 10.1. The molecular formula is C19H21ClN4O2S. The van der Waals surface area contributed by atoms with Gasteiger partial charge in [0.25, 0.3) is 0 Å². The van der Waals surface area contributed by atoms with E-state index in [0.29, 0.717) is 11.6 Å². The third-order valence-corrected chi connectivity index (χ3v) is 6.00. The minimum atomic E-state index is -3.69. The van der Waals surface area contributed by atoms with Gasteiger partial charge in [-0.3, -0.25) is 0 Å². The van der Waals surface area contributed by atoms with Crippen molar-refractivity contribution in [3.63, 3.8) is 0 Å². The molecule has 0 aliphatic heterocycles. The fourth-order valence-corrected chi connectivity index (χ4v) is 4.20. The maximum atomic E-state index is 12.9. The molecule has 8 heteroatoms. The van der Waals surface area contributed by atoms with Gasteiger partial charge in [0.05, 0.1) is 23.8 Å². The first-order chi connectivity index (χ1) is 12.8. The van der Waals surface area contributed by atoms with E-state index in [1.54, 1.807) is 42.7 Å². The quantitative estimate of drug-likeness (QED) is 0.652. The molecule has 0 fully saturated rings. The van der Waals surface area contributed by atoms with Gasteiger partial charge in [0, 0.05) is 11.1 Å². The lowest BCUT2D eigenvalue weighted by Crippen LogP contribution is -2.41. The number of benzene rings is 2. The van der Waals surface area contributed by atoms with Crippen LogP contribution < -0.4 is 4.72 Å². The van der Waals surface area contributed by atoms with Gasteiger partial charge < -0.3 is 0 Å². The van der Waals surface area contributed by atoms with Gasteiger partial charge in [0.1, 0.15) is 0 Å². The maximum absolute atomic E-state index is 12.9. The van der Waals surface area contributed by atoms with E-state index in [1.807, 2.05) is 32.0 Å². The normalized spacial score (nSPS) is 13.0. The van der Waals surface area contributed by atoms with Crippen LogP contribution in [0.2, 0.25) is 5.02 Å². The van der Waals surface area contributed by atoms with E-state index in [0.717, 1.165) is 11.1 Å². The van der Waals surface area contributed by atoms with Crippen molar-refractivity contribution in [1.82, 2.24) is 19.7 Å². The minimum Gasteiger partial charge on any atom is -0.207 e. The number of nitrogens with one attached hydrogen (secondary N) is 1. The van der Waals surface area contributed by atoms with Crippen LogP contribution in [-0.4, -0.2) is 29.5 Å². The Hall–Kier alpha value is -2.22. The average molecular weight is 405 g/mol. The first kappa shape index (κ1) is 19.5. The molecule has 3 rings (SSSR count). The fraction of sp³-hybridized carbons (Fsp3) is 0.263. The molecule has 1 unspecified atom stereocenters. The molecule has 1 aromatic heterocycles. The van der Waals surface area contributed by atoms with E-state index < -0.39 is 10.0 Å². The smallest absolute Gasteiger partial charge is 0.207 e. The van der Waals surface area contributed by atoms with Crippen LogP contribution in [0.25, 0.3) is 11.1 Å². The Morgan fingerprint density at radius 1 is 1.04 bits per heavy atom. The third-order valence-electron chi connectivity index (χ3n) is 4.26. The minimum absolute atomic E-state index is 0.0743. The molecule has 0 bridgehead atoms. The molecule has 27 heavy (non-hydrogen) atoms. The summed E-state index contributed by atoms with van der Waals surface area (Å²) in [6.45, 7) is 4.28. The molecular weight excluding hydrogens is 384 g/mol. The van der Waals surface area contributed by atoms with Crippen molar-refractivity contribution < 1.29 is 8.42 Å². The standard InChI is InChI=1S/C19H21ClN4O2S/c1-14(2)19(13-24-21-10-11-22-24)23-27(25,26)18-5-3-4-16(12-18)15-6-8-17(20)9-7-15/h3-12,14,19,23H,13H2,1-2H3. The number of aromatic nitrogens is 3. The van der Waals surface area contributed by atoms with Crippen LogP contribution in [0.4, 0.5) is 0 Å². The largest absolute Gasteiger partial charge is 0.240 e. The molecule has 0 aliphatic rings. The predicted octanol–water partition coefficient (Wildman–Crippen LogP) is 3.60. The molecule has 0 amide bonds. The molecule has 0 aliphatic carbocycles. The van der Waals surface area contributed by atoms with Crippen molar-refractivity contribution >= 4 is 21.6 Å². The highest BCUT2D eigenvalue weighted by molar-refractivity contribution is 7.89. The van der Waals surface area contributed by atoms with E-state index in [-0.39, 0.29) is 16.9 Å². The molecule has 1 heterocycles. The van der Waals surface area contributed by atoms with Gasteiger partial charge in [-0.1, -0.05) is 49.7 Å². The highest BCUT2D eigenvalue weighted by Crippen LogP contribution is 2.24. The molecule has 1 N–H and O–H groups in total. The van der Waals surface area contributed by atoms with Crippen molar-refractivity contribution in [3.05, 3.63) is 65.9 Å². The fourth-order valence-electron chi connectivity index (χ4n) is 2.65. The van der Waals surface area contributed by atoms with Gasteiger partial charge in [-0.15, -0.1) is 0 Å². The Morgan fingerprint density at radius 3 is 2.33 bits per heavy atom. The number of nitrogens with zero attached hydrogens (tertiary/aromatic N) is 3. The summed E-state index contributed by atoms with van der Waals surface area (Å²) < 4.78 is 28.6. The van der Waals surface area contributed by atoms with E-state index in [4.69, 9.17) is 11.6 Å². The zero-order valence-corrected chi connectivity index (χ0v) is 16.7. The monoisotopic (exact) mass is 404 g/mol. The number of halogens is 1. The van der Waals surface area contributed by atoms with Crippen LogP contribution in [0.5, 0.6) is 0 Å². The Balaban J connectivity index is 1.85. The molecule has 1 atom stereocenters. The van der Waals surface area contributed by atoms with Crippen molar-refractivity contribution in [3.8, 4) is 11.1 Å². The highest BCUT2D eigenvalue weighted by atomic mass is 35.5. The van der Waals surface area contributed by atoms with Gasteiger partial charge in [-0.25, -0.2) is 13.1 Å². The zero-order valence-electron chi connectivity index (χ0n) is 15.1. The van der Waals surface area contributed by atoms with Crippen LogP contribution in [0.1, 0.15) is 13.8 Å². The van der Waals surface area contributed by atoms with E-state index >= 15 is 0 Å². The molecule has 0 spiro atoms. The topological polar surface area (TPSA) is 76.9 Å². The molecule has 0 saturated carbocycles. The summed E-state index contributed by atoms with van der Waals surface area (Å²) in [6, 6.07) is 13.8. The summed E-state index contributed by atoms with van der Waals surface area (Å²) in [5, 5.41) is 8.76. The number of rotatable bonds is 7. The van der Waals surface area contributed by atoms with Gasteiger partial charge in [-0.2, -0.15) is 15.0 Å². The lowest BCUT2D eigenvalue weighted by molar-refractivity contribution is 0.361. The van der Waals surface area contributed by atoms with Gasteiger partial charge in [-0.05, 0) is 41.3 Å². The van der Waals surface area contributed by atoms with Crippen molar-refractivity contribution in [2.24, 2.45) is 5.92 Å². The second kappa shape index (κ2) is 8.21. The van der Waals surface area contributed by atoms with E-state index in [1.165, 1.54) is 4.80 Å². The van der Waals surface area contributed by atoms with Crippen LogP contribution in [0.15, 0.2) is 65.8 Å². The van der Waals surface area contributed by atoms with Crippen LogP contribution in [0, 0.1) is 5.92 Å². The van der Waals surface area contributed by atoms with Crippen molar-refractivity contribution in [2.75, 3.05) is 0 Å². The number of hydrogen-bond donors (Lipinski definition) is 1. The lowest BCUT2D eigenvalue weighted by Gasteiger charge is -2.22. The molecule has 3 aromatic rings. The van der Waals surface area contributed by atoms with Gasteiger partial charge in [0.15, 0.2) is 0 Å². The van der Waals surface area contributed by atoms with E-state index in [2.05, 4.69) is 14.9 Å². The molecule has 6 nitrogen and oxygen atoms in total. The van der Waals surface area contributed by atoms with Crippen LogP contribution >= 0.6 is 11.6 Å².